The van der Waals surface area contributed by atoms with Crippen molar-refractivity contribution in [3.8, 4) is 0 Å². The van der Waals surface area contributed by atoms with Crippen LogP contribution in [-0.4, -0.2) is 25.3 Å². The zero-order valence-corrected chi connectivity index (χ0v) is 18.9. The molecule has 1 unspecified atom stereocenters. The summed E-state index contributed by atoms with van der Waals surface area (Å²) in [5.74, 6) is 0. The molecule has 0 aliphatic carbocycles. The van der Waals surface area contributed by atoms with E-state index in [-0.39, 0.29) is 10.9 Å². The first-order valence-electron chi connectivity index (χ1n) is 8.42. The third-order valence-corrected chi connectivity index (χ3v) is 13.3. The number of hydrogen-bond acceptors (Lipinski definition) is 1. The molecule has 0 heterocycles. The van der Waals surface area contributed by atoms with Crippen LogP contribution in [0.2, 0.25) is 13.3 Å². The third-order valence-electron chi connectivity index (χ3n) is 3.39. The number of carbonyl (C=O) groups is 1. The van der Waals surface area contributed by atoms with Crippen LogP contribution in [0.3, 0.4) is 0 Å². The summed E-state index contributed by atoms with van der Waals surface area (Å²) >= 11 is -0.839. The molecule has 0 bridgehead atoms. The van der Waals surface area contributed by atoms with E-state index in [9.17, 15) is 4.79 Å². The van der Waals surface area contributed by atoms with Crippen LogP contribution in [0.5, 0.6) is 0 Å². The molecule has 0 saturated heterocycles. The van der Waals surface area contributed by atoms with Crippen LogP contribution in [0.4, 0.5) is 0 Å². The van der Waals surface area contributed by atoms with E-state index >= 15 is 0 Å². The second-order valence-electron chi connectivity index (χ2n) is 6.67. The molecule has 0 aromatic rings. The number of hydrogen-bond donors (Lipinski definition) is 0. The van der Waals surface area contributed by atoms with Crippen LogP contribution in [0, 0.1) is 5.41 Å². The molecule has 121 valence electrons. The van der Waals surface area contributed by atoms with E-state index in [1.807, 2.05) is 20.8 Å². The molecule has 0 N–H and O–H groups in total. The second kappa shape index (κ2) is 14.8. The summed E-state index contributed by atoms with van der Waals surface area (Å²) in [6.07, 6.45) is 8.85. The molecule has 0 saturated carbocycles. The van der Waals surface area contributed by atoms with Crippen molar-refractivity contribution in [1.82, 2.24) is 0 Å². The molecule has 0 spiro atoms. The van der Waals surface area contributed by atoms with Crippen molar-refractivity contribution in [3.05, 3.63) is 0 Å². The molecule has 0 rings (SSSR count). The van der Waals surface area contributed by atoms with Gasteiger partial charge < -0.3 is 0 Å². The van der Waals surface area contributed by atoms with Crippen LogP contribution in [-0.2, 0) is 4.79 Å². The van der Waals surface area contributed by atoms with Gasteiger partial charge in [-0.25, -0.2) is 0 Å². The fourth-order valence-electron chi connectivity index (χ4n) is 1.66. The SMILES string of the molecule is CC(C)(C)C(=O)P.CCC[CH2][Sn]([CH2]CCC)[CH2]CCC. The maximum absolute atomic E-state index is 10.4. The summed E-state index contributed by atoms with van der Waals surface area (Å²) in [6, 6.07) is 0. The monoisotopic (exact) mass is 409 g/mol. The summed E-state index contributed by atoms with van der Waals surface area (Å²) in [7, 11) is 2.16. The first-order chi connectivity index (χ1) is 9.29. The van der Waals surface area contributed by atoms with E-state index in [1.54, 1.807) is 13.3 Å². The van der Waals surface area contributed by atoms with Crippen molar-refractivity contribution < 1.29 is 4.79 Å². The quantitative estimate of drug-likeness (QED) is 0.323. The topological polar surface area (TPSA) is 17.1 Å². The fourth-order valence-corrected chi connectivity index (χ4v) is 11.1. The Hall–Kier alpha value is 0.899. The van der Waals surface area contributed by atoms with Gasteiger partial charge in [0.15, 0.2) is 5.52 Å². The standard InChI is InChI=1S/C5H11OP.3C4H9.Sn/c1-5(2,3)4(6)7;3*1-3-4-2;/h7H2,1-3H3;3*1,3-4H2,2H3;. The molecule has 0 aliphatic heterocycles. The van der Waals surface area contributed by atoms with Gasteiger partial charge in [0.2, 0.25) is 0 Å². The predicted octanol–water partition coefficient (Wildman–Crippen LogP) is 6.32. The fraction of sp³-hybridized carbons (Fsp3) is 0.941. The van der Waals surface area contributed by atoms with Crippen LogP contribution in [0.15, 0.2) is 0 Å². The molecule has 0 fully saturated rings. The maximum atomic E-state index is 10.4. The van der Waals surface area contributed by atoms with E-state index in [0.717, 1.165) is 0 Å². The van der Waals surface area contributed by atoms with Gasteiger partial charge in [0.25, 0.3) is 0 Å². The first-order valence-corrected chi connectivity index (χ1v) is 15.1. The van der Waals surface area contributed by atoms with E-state index in [1.165, 1.54) is 38.5 Å². The van der Waals surface area contributed by atoms with Gasteiger partial charge in [-0.15, -0.1) is 0 Å². The van der Waals surface area contributed by atoms with Gasteiger partial charge in [-0.2, -0.15) is 0 Å². The van der Waals surface area contributed by atoms with E-state index in [0.29, 0.717) is 0 Å². The van der Waals surface area contributed by atoms with Crippen molar-refractivity contribution in [3.63, 3.8) is 0 Å². The molecule has 0 aromatic heterocycles. The Kier molecular flexibility index (Phi) is 17.2. The minimum absolute atomic E-state index is 0.160. The van der Waals surface area contributed by atoms with Gasteiger partial charge in [0.1, 0.15) is 0 Å². The number of carbonyl (C=O) groups excluding carboxylic acids is 1. The van der Waals surface area contributed by atoms with Crippen LogP contribution in [0.1, 0.15) is 80.1 Å². The summed E-state index contributed by atoms with van der Waals surface area (Å²) in [4.78, 5) is 10.4. The van der Waals surface area contributed by atoms with Gasteiger partial charge in [0.05, 0.1) is 0 Å². The molecule has 1 nitrogen and oxygen atoms in total. The molecule has 0 amide bonds. The molecule has 1 atom stereocenters. The Bertz CT molecular complexity index is 205. The Morgan fingerprint density at radius 1 is 0.850 bits per heavy atom. The van der Waals surface area contributed by atoms with Crippen LogP contribution >= 0.6 is 9.24 Å². The third kappa shape index (κ3) is 17.0. The Labute approximate surface area is 138 Å². The summed E-state index contributed by atoms with van der Waals surface area (Å²) < 4.78 is 5.04. The average Bonchev–Trinajstić information content (AvgIpc) is 2.37. The number of rotatable bonds is 9. The molecular weight excluding hydrogens is 370 g/mol. The van der Waals surface area contributed by atoms with E-state index < -0.39 is 19.8 Å². The van der Waals surface area contributed by atoms with Crippen LogP contribution < -0.4 is 0 Å². The van der Waals surface area contributed by atoms with Crippen molar-refractivity contribution in [2.45, 2.75) is 93.4 Å². The molecule has 1 radical (unpaired) electrons. The molecule has 0 aromatic carbocycles. The Morgan fingerprint density at radius 3 is 1.25 bits per heavy atom. The van der Waals surface area contributed by atoms with E-state index in [4.69, 9.17) is 0 Å². The number of unbranched alkanes of at least 4 members (excludes halogenated alkanes) is 3. The van der Waals surface area contributed by atoms with Gasteiger partial charge in [0, 0.05) is 5.41 Å². The Balaban J connectivity index is 0. The Morgan fingerprint density at radius 2 is 1.10 bits per heavy atom. The van der Waals surface area contributed by atoms with Crippen molar-refractivity contribution >= 4 is 34.5 Å². The van der Waals surface area contributed by atoms with E-state index in [2.05, 4.69) is 30.0 Å². The van der Waals surface area contributed by atoms with Crippen molar-refractivity contribution in [2.75, 3.05) is 0 Å². The van der Waals surface area contributed by atoms with Gasteiger partial charge in [-0.05, 0) is 0 Å². The minimum atomic E-state index is -0.839. The van der Waals surface area contributed by atoms with Gasteiger partial charge in [-0.3, -0.25) is 4.79 Å². The van der Waals surface area contributed by atoms with Crippen molar-refractivity contribution in [2.24, 2.45) is 5.41 Å². The predicted molar refractivity (Wildman–Crippen MR) is 99.1 cm³/mol. The zero-order valence-electron chi connectivity index (χ0n) is 14.8. The summed E-state index contributed by atoms with van der Waals surface area (Å²) in [5, 5.41) is 0. The second-order valence-corrected chi connectivity index (χ2v) is 15.8. The molecule has 3 heteroatoms. The average molecular weight is 408 g/mol. The molecular formula is C17H38OPSn. The first kappa shape index (κ1) is 23.2. The molecule has 0 aliphatic rings. The van der Waals surface area contributed by atoms with Crippen molar-refractivity contribution in [1.29, 1.82) is 0 Å². The summed E-state index contributed by atoms with van der Waals surface area (Å²) in [6.45, 7) is 12.7. The summed E-state index contributed by atoms with van der Waals surface area (Å²) in [5.41, 5.74) is -0.0162. The molecule has 20 heavy (non-hydrogen) atoms. The zero-order chi connectivity index (χ0) is 16.0. The normalized spacial score (nSPS) is 11.2. The van der Waals surface area contributed by atoms with Crippen LogP contribution in [0.25, 0.3) is 0 Å². The van der Waals surface area contributed by atoms with Gasteiger partial charge in [-0.1, -0.05) is 30.0 Å². The van der Waals surface area contributed by atoms with Gasteiger partial charge >= 0.3 is 92.4 Å².